The van der Waals surface area contributed by atoms with Crippen molar-refractivity contribution in [2.75, 3.05) is 25.0 Å². The number of nitrogens with one attached hydrogen (secondary N) is 1. The first-order valence-corrected chi connectivity index (χ1v) is 9.72. The van der Waals surface area contributed by atoms with E-state index in [9.17, 15) is 14.4 Å². The minimum Gasteiger partial charge on any atom is -0.455 e. The molecular formula is C21H30N2O5. The van der Waals surface area contributed by atoms with Gasteiger partial charge in [-0.15, -0.1) is 0 Å². The van der Waals surface area contributed by atoms with E-state index in [2.05, 4.69) is 5.32 Å². The van der Waals surface area contributed by atoms with E-state index in [4.69, 9.17) is 9.47 Å². The number of ether oxygens (including phenoxy) is 2. The molecule has 2 amide bonds. The second kappa shape index (κ2) is 9.57. The Labute approximate surface area is 166 Å². The zero-order chi connectivity index (χ0) is 20.7. The Balaban J connectivity index is 1.83. The number of esters is 1. The molecule has 7 heteroatoms. The van der Waals surface area contributed by atoms with Gasteiger partial charge in [0.2, 0.25) is 0 Å². The summed E-state index contributed by atoms with van der Waals surface area (Å²) in [7, 11) is 0. The van der Waals surface area contributed by atoms with Crippen molar-refractivity contribution in [1.29, 1.82) is 0 Å². The van der Waals surface area contributed by atoms with E-state index < -0.39 is 23.6 Å². The van der Waals surface area contributed by atoms with Crippen LogP contribution in [0.5, 0.6) is 0 Å². The molecule has 1 aromatic carbocycles. The molecule has 1 N–H and O–H groups in total. The Morgan fingerprint density at radius 3 is 2.61 bits per heavy atom. The molecule has 1 aliphatic heterocycles. The van der Waals surface area contributed by atoms with Crippen LogP contribution in [0.25, 0.3) is 0 Å². The molecular weight excluding hydrogens is 360 g/mol. The van der Waals surface area contributed by atoms with E-state index in [1.807, 2.05) is 31.2 Å². The summed E-state index contributed by atoms with van der Waals surface area (Å²) in [5, 5.41) is 2.77. The van der Waals surface area contributed by atoms with Crippen LogP contribution in [0.4, 0.5) is 10.5 Å². The monoisotopic (exact) mass is 390 g/mol. The van der Waals surface area contributed by atoms with Gasteiger partial charge in [0.25, 0.3) is 5.91 Å². The third-order valence-corrected chi connectivity index (χ3v) is 4.42. The second-order valence-electron chi connectivity index (χ2n) is 7.93. The molecule has 0 radical (unpaired) electrons. The predicted molar refractivity (Wildman–Crippen MR) is 106 cm³/mol. The van der Waals surface area contributed by atoms with E-state index in [0.717, 1.165) is 17.7 Å². The Bertz CT molecular complexity index is 711. The van der Waals surface area contributed by atoms with Crippen molar-refractivity contribution in [3.63, 3.8) is 0 Å². The average molecular weight is 390 g/mol. The smallest absolute Gasteiger partial charge is 0.410 e. The van der Waals surface area contributed by atoms with Gasteiger partial charge >= 0.3 is 12.1 Å². The van der Waals surface area contributed by atoms with Crippen molar-refractivity contribution in [2.45, 2.75) is 52.6 Å². The molecule has 1 aliphatic rings. The third kappa shape index (κ3) is 6.55. The molecule has 154 valence electrons. The number of aryl methyl sites for hydroxylation is 1. The van der Waals surface area contributed by atoms with Gasteiger partial charge in [0.05, 0.1) is 5.92 Å². The van der Waals surface area contributed by atoms with E-state index in [-0.39, 0.29) is 19.1 Å². The minimum absolute atomic E-state index is 0.244. The standard InChI is InChI=1S/C21H30N2O5/c1-5-15-9-6-7-11-17(15)22-18(24)14-27-19(25)16-10-8-12-23(13-16)20(26)28-21(2,3)4/h6-7,9,11,16H,5,8,10,12-14H2,1-4H3,(H,22,24). The number of benzene rings is 1. The summed E-state index contributed by atoms with van der Waals surface area (Å²) in [5.74, 6) is -1.29. The third-order valence-electron chi connectivity index (χ3n) is 4.42. The maximum absolute atomic E-state index is 12.4. The fourth-order valence-electron chi connectivity index (χ4n) is 3.05. The zero-order valence-electron chi connectivity index (χ0n) is 17.1. The summed E-state index contributed by atoms with van der Waals surface area (Å²) in [6.07, 6.45) is 1.67. The second-order valence-corrected chi connectivity index (χ2v) is 7.93. The fourth-order valence-corrected chi connectivity index (χ4v) is 3.05. The largest absolute Gasteiger partial charge is 0.455 e. The SMILES string of the molecule is CCc1ccccc1NC(=O)COC(=O)C1CCCN(C(=O)OC(C)(C)C)C1. The van der Waals surface area contributed by atoms with E-state index >= 15 is 0 Å². The van der Waals surface area contributed by atoms with Gasteiger partial charge in [-0.25, -0.2) is 4.79 Å². The minimum atomic E-state index is -0.586. The number of hydrogen-bond donors (Lipinski definition) is 1. The molecule has 0 saturated carbocycles. The first-order valence-electron chi connectivity index (χ1n) is 9.72. The highest BCUT2D eigenvalue weighted by Gasteiger charge is 2.32. The van der Waals surface area contributed by atoms with Crippen molar-refractivity contribution in [3.05, 3.63) is 29.8 Å². The van der Waals surface area contributed by atoms with Crippen molar-refractivity contribution in [2.24, 2.45) is 5.92 Å². The Hall–Kier alpha value is -2.57. The molecule has 0 spiro atoms. The summed E-state index contributed by atoms with van der Waals surface area (Å²) in [6.45, 7) is 7.85. The summed E-state index contributed by atoms with van der Waals surface area (Å²) >= 11 is 0. The van der Waals surface area contributed by atoms with Gasteiger partial charge in [0, 0.05) is 18.8 Å². The summed E-state index contributed by atoms with van der Waals surface area (Å²) < 4.78 is 10.6. The first-order chi connectivity index (χ1) is 13.2. The Morgan fingerprint density at radius 1 is 1.21 bits per heavy atom. The van der Waals surface area contributed by atoms with Crippen molar-refractivity contribution >= 4 is 23.7 Å². The maximum atomic E-state index is 12.4. The summed E-state index contributed by atoms with van der Waals surface area (Å²) in [6, 6.07) is 7.51. The molecule has 7 nitrogen and oxygen atoms in total. The van der Waals surface area contributed by atoms with Crippen LogP contribution < -0.4 is 5.32 Å². The molecule has 1 fully saturated rings. The van der Waals surface area contributed by atoms with Crippen LogP contribution in [0, 0.1) is 5.92 Å². The topological polar surface area (TPSA) is 84.9 Å². The van der Waals surface area contributed by atoms with Crippen LogP contribution in [0.15, 0.2) is 24.3 Å². The lowest BCUT2D eigenvalue weighted by Gasteiger charge is -2.33. The number of rotatable bonds is 5. The number of carbonyl (C=O) groups excluding carboxylic acids is 3. The summed E-state index contributed by atoms with van der Waals surface area (Å²) in [4.78, 5) is 38.2. The Kier molecular flexibility index (Phi) is 7.43. The van der Waals surface area contributed by atoms with Gasteiger partial charge in [0.15, 0.2) is 6.61 Å². The molecule has 1 heterocycles. The zero-order valence-corrected chi connectivity index (χ0v) is 17.1. The molecule has 1 atom stereocenters. The Morgan fingerprint density at radius 2 is 1.93 bits per heavy atom. The van der Waals surface area contributed by atoms with Crippen LogP contribution in [0.2, 0.25) is 0 Å². The normalized spacial score (nSPS) is 17.0. The van der Waals surface area contributed by atoms with Crippen molar-refractivity contribution < 1.29 is 23.9 Å². The molecule has 1 saturated heterocycles. The van der Waals surface area contributed by atoms with Crippen molar-refractivity contribution in [3.8, 4) is 0 Å². The van der Waals surface area contributed by atoms with E-state index in [0.29, 0.717) is 19.4 Å². The molecule has 0 bridgehead atoms. The van der Waals surface area contributed by atoms with Crippen LogP contribution in [-0.2, 0) is 25.5 Å². The molecule has 1 unspecified atom stereocenters. The highest BCUT2D eigenvalue weighted by Crippen LogP contribution is 2.21. The number of para-hydroxylation sites is 1. The van der Waals surface area contributed by atoms with Crippen LogP contribution in [-0.4, -0.2) is 48.2 Å². The summed E-state index contributed by atoms with van der Waals surface area (Å²) in [5.41, 5.74) is 1.15. The quantitative estimate of drug-likeness (QED) is 0.779. The molecule has 1 aromatic rings. The number of hydrogen-bond acceptors (Lipinski definition) is 5. The van der Waals surface area contributed by atoms with Gasteiger partial charge in [-0.1, -0.05) is 25.1 Å². The molecule has 0 aliphatic carbocycles. The number of amides is 2. The maximum Gasteiger partial charge on any atom is 0.410 e. The lowest BCUT2D eigenvalue weighted by molar-refractivity contribution is -0.153. The van der Waals surface area contributed by atoms with Crippen LogP contribution >= 0.6 is 0 Å². The van der Waals surface area contributed by atoms with Gasteiger partial charge in [-0.05, 0) is 51.7 Å². The van der Waals surface area contributed by atoms with Gasteiger partial charge in [-0.2, -0.15) is 0 Å². The predicted octanol–water partition coefficient (Wildman–Crippen LogP) is 3.38. The van der Waals surface area contributed by atoms with Crippen LogP contribution in [0.3, 0.4) is 0 Å². The molecule has 2 rings (SSSR count). The number of piperidine rings is 1. The average Bonchev–Trinajstić information content (AvgIpc) is 2.65. The van der Waals surface area contributed by atoms with Crippen molar-refractivity contribution in [1.82, 2.24) is 4.90 Å². The number of anilines is 1. The first kappa shape index (κ1) is 21.7. The number of nitrogens with zero attached hydrogens (tertiary/aromatic N) is 1. The number of carbonyl (C=O) groups is 3. The highest BCUT2D eigenvalue weighted by molar-refractivity contribution is 5.93. The molecule has 0 aromatic heterocycles. The fraction of sp³-hybridized carbons (Fsp3) is 0.571. The van der Waals surface area contributed by atoms with Gasteiger partial charge < -0.3 is 19.7 Å². The number of likely N-dealkylation sites (tertiary alicyclic amines) is 1. The lowest BCUT2D eigenvalue weighted by Crippen LogP contribution is -2.45. The van der Waals surface area contributed by atoms with Gasteiger partial charge in [-0.3, -0.25) is 9.59 Å². The van der Waals surface area contributed by atoms with E-state index in [1.165, 1.54) is 4.90 Å². The lowest BCUT2D eigenvalue weighted by atomic mass is 9.98. The van der Waals surface area contributed by atoms with E-state index in [1.54, 1.807) is 20.8 Å². The highest BCUT2D eigenvalue weighted by atomic mass is 16.6. The molecule has 28 heavy (non-hydrogen) atoms. The van der Waals surface area contributed by atoms with Crippen LogP contribution in [0.1, 0.15) is 46.1 Å². The van der Waals surface area contributed by atoms with Gasteiger partial charge in [0.1, 0.15) is 5.60 Å².